The predicted octanol–water partition coefficient (Wildman–Crippen LogP) is 2.16. The maximum absolute atomic E-state index is 13.3. The highest BCUT2D eigenvalue weighted by Crippen LogP contribution is 2.19. The lowest BCUT2D eigenvalue weighted by Crippen LogP contribution is -2.39. The lowest BCUT2D eigenvalue weighted by atomic mass is 10.1. The second-order valence-corrected chi connectivity index (χ2v) is 4.13. The minimum Gasteiger partial charge on any atom is -0.330 e. The minimum atomic E-state index is -4.53. The molecule has 0 atom stereocenters. The molecule has 0 bridgehead atoms. The number of nitrogens with two attached hydrogens (primary N) is 1. The van der Waals surface area contributed by atoms with Crippen LogP contribution < -0.4 is 5.73 Å². The molecule has 2 N–H and O–H groups in total. The lowest BCUT2D eigenvalue weighted by molar-refractivity contribution is -0.140. The van der Waals surface area contributed by atoms with Gasteiger partial charge in [0.05, 0.1) is 12.1 Å². The number of hydrogen-bond acceptors (Lipinski definition) is 2. The van der Waals surface area contributed by atoms with Gasteiger partial charge in [0.15, 0.2) is 0 Å². The molecule has 0 aromatic heterocycles. The molecule has 0 fully saturated rings. The van der Waals surface area contributed by atoms with Gasteiger partial charge in [0.25, 0.3) is 5.91 Å². The van der Waals surface area contributed by atoms with Crippen LogP contribution in [0.25, 0.3) is 0 Å². The Morgan fingerprint density at radius 1 is 1.38 bits per heavy atom. The molecule has 0 aliphatic rings. The smallest absolute Gasteiger partial charge is 0.330 e. The summed E-state index contributed by atoms with van der Waals surface area (Å²) in [6.07, 6.45) is -4.53. The van der Waals surface area contributed by atoms with Crippen molar-refractivity contribution in [3.63, 3.8) is 0 Å². The van der Waals surface area contributed by atoms with Crippen molar-refractivity contribution < 1.29 is 22.4 Å². The molecule has 0 radical (unpaired) electrons. The molecule has 0 saturated carbocycles. The van der Waals surface area contributed by atoms with Gasteiger partial charge in [0, 0.05) is 12.1 Å². The molecule has 3 nitrogen and oxygen atoms in total. The van der Waals surface area contributed by atoms with Crippen molar-refractivity contribution in [2.75, 3.05) is 19.6 Å². The highest BCUT2D eigenvalue weighted by molar-refractivity contribution is 5.96. The fourth-order valence-electron chi connectivity index (χ4n) is 1.66. The summed E-state index contributed by atoms with van der Waals surface area (Å²) in [6.45, 7) is -0.125. The van der Waals surface area contributed by atoms with Gasteiger partial charge in [-0.15, -0.1) is 0 Å². The van der Waals surface area contributed by atoms with Gasteiger partial charge in [0.2, 0.25) is 0 Å². The number of carbonyl (C=O) groups is 1. The van der Waals surface area contributed by atoms with E-state index in [9.17, 15) is 22.4 Å². The molecule has 0 spiro atoms. The average Bonchev–Trinajstić information content (AvgIpc) is 2.41. The Morgan fingerprint density at radius 2 is 2.05 bits per heavy atom. The first-order chi connectivity index (χ1) is 9.78. The van der Waals surface area contributed by atoms with Crippen LogP contribution in [0.1, 0.15) is 22.8 Å². The van der Waals surface area contributed by atoms with E-state index in [4.69, 9.17) is 5.73 Å². The SMILES string of the molecule is CCN(CC(F)(F)F)C(=O)c1cc(F)ccc1C#CCN. The van der Waals surface area contributed by atoms with Gasteiger partial charge in [-0.25, -0.2) is 4.39 Å². The van der Waals surface area contributed by atoms with Crippen molar-refractivity contribution in [1.82, 2.24) is 4.90 Å². The van der Waals surface area contributed by atoms with E-state index in [0.717, 1.165) is 12.1 Å². The lowest BCUT2D eigenvalue weighted by Gasteiger charge is -2.22. The molecular weight excluding hydrogens is 288 g/mol. The third kappa shape index (κ3) is 5.08. The van der Waals surface area contributed by atoms with Gasteiger partial charge in [-0.05, 0) is 25.1 Å². The Morgan fingerprint density at radius 3 is 2.57 bits per heavy atom. The van der Waals surface area contributed by atoms with Gasteiger partial charge in [0.1, 0.15) is 12.4 Å². The number of carbonyl (C=O) groups excluding carboxylic acids is 1. The van der Waals surface area contributed by atoms with E-state index in [0.29, 0.717) is 4.90 Å². The molecule has 1 amide bonds. The zero-order valence-corrected chi connectivity index (χ0v) is 11.3. The van der Waals surface area contributed by atoms with Crippen molar-refractivity contribution in [2.45, 2.75) is 13.1 Å². The van der Waals surface area contributed by atoms with Gasteiger partial charge >= 0.3 is 6.18 Å². The summed E-state index contributed by atoms with van der Waals surface area (Å²) < 4.78 is 50.6. The first-order valence-electron chi connectivity index (χ1n) is 6.13. The average molecular weight is 302 g/mol. The zero-order chi connectivity index (χ0) is 16.0. The van der Waals surface area contributed by atoms with E-state index in [1.54, 1.807) is 0 Å². The van der Waals surface area contributed by atoms with Crippen LogP contribution in [0.15, 0.2) is 18.2 Å². The number of rotatable bonds is 3. The second kappa shape index (κ2) is 7.09. The van der Waals surface area contributed by atoms with E-state index in [-0.39, 0.29) is 24.2 Å². The zero-order valence-electron chi connectivity index (χ0n) is 11.3. The Balaban J connectivity index is 3.17. The van der Waals surface area contributed by atoms with E-state index >= 15 is 0 Å². The largest absolute Gasteiger partial charge is 0.406 e. The van der Waals surface area contributed by atoms with Gasteiger partial charge in [-0.2, -0.15) is 13.2 Å². The van der Waals surface area contributed by atoms with Gasteiger partial charge < -0.3 is 10.6 Å². The summed E-state index contributed by atoms with van der Waals surface area (Å²) in [5.41, 5.74) is 5.15. The number of nitrogens with zero attached hydrogens (tertiary/aromatic N) is 1. The number of amides is 1. The highest BCUT2D eigenvalue weighted by Gasteiger charge is 2.33. The topological polar surface area (TPSA) is 46.3 Å². The van der Waals surface area contributed by atoms with Crippen molar-refractivity contribution in [1.29, 1.82) is 0 Å². The molecule has 0 unspecified atom stereocenters. The van der Waals surface area contributed by atoms with Crippen LogP contribution in [0.3, 0.4) is 0 Å². The van der Waals surface area contributed by atoms with E-state index in [2.05, 4.69) is 11.8 Å². The summed E-state index contributed by atoms with van der Waals surface area (Å²) >= 11 is 0. The van der Waals surface area contributed by atoms with Crippen LogP contribution in [0.2, 0.25) is 0 Å². The van der Waals surface area contributed by atoms with Crippen molar-refractivity contribution in [3.05, 3.63) is 35.1 Å². The van der Waals surface area contributed by atoms with Crippen LogP contribution in [0, 0.1) is 17.7 Å². The first kappa shape index (κ1) is 17.0. The minimum absolute atomic E-state index is 0.0189. The molecule has 1 rings (SSSR count). The molecule has 0 aliphatic carbocycles. The Bertz CT molecular complexity index is 573. The van der Waals surface area contributed by atoms with Crippen molar-refractivity contribution >= 4 is 5.91 Å². The third-order valence-corrected chi connectivity index (χ3v) is 2.58. The molecule has 1 aromatic carbocycles. The molecule has 0 aliphatic heterocycles. The summed E-state index contributed by atoms with van der Waals surface area (Å²) in [5, 5.41) is 0. The Hall–Kier alpha value is -2.07. The predicted molar refractivity (Wildman–Crippen MR) is 70.0 cm³/mol. The van der Waals surface area contributed by atoms with E-state index in [1.807, 2.05) is 0 Å². The number of benzene rings is 1. The highest BCUT2D eigenvalue weighted by atomic mass is 19.4. The summed E-state index contributed by atoms with van der Waals surface area (Å²) in [4.78, 5) is 12.7. The third-order valence-electron chi connectivity index (χ3n) is 2.58. The monoisotopic (exact) mass is 302 g/mol. The van der Waals surface area contributed by atoms with Crippen molar-refractivity contribution in [2.24, 2.45) is 5.73 Å². The van der Waals surface area contributed by atoms with Crippen LogP contribution >= 0.6 is 0 Å². The first-order valence-corrected chi connectivity index (χ1v) is 6.13. The standard InChI is InChI=1S/C14H14F4N2O/c1-2-20(9-14(16,17)18)13(21)12-8-11(15)6-5-10(12)4-3-7-19/h5-6,8H,2,7,9,19H2,1H3. The molecule has 114 valence electrons. The molecule has 1 aromatic rings. The van der Waals surface area contributed by atoms with Crippen LogP contribution in [-0.4, -0.2) is 36.6 Å². The number of alkyl halides is 3. The molecule has 0 heterocycles. The van der Waals surface area contributed by atoms with Crippen LogP contribution in [0.4, 0.5) is 17.6 Å². The van der Waals surface area contributed by atoms with Crippen molar-refractivity contribution in [3.8, 4) is 11.8 Å². The molecular formula is C14H14F4N2O. The summed E-state index contributed by atoms with van der Waals surface area (Å²) in [5.74, 6) is 3.40. The molecule has 0 saturated heterocycles. The number of halogens is 4. The van der Waals surface area contributed by atoms with Gasteiger partial charge in [-0.1, -0.05) is 11.8 Å². The Labute approximate surface area is 119 Å². The molecule has 21 heavy (non-hydrogen) atoms. The fourth-order valence-corrected chi connectivity index (χ4v) is 1.66. The maximum Gasteiger partial charge on any atom is 0.406 e. The Kier molecular flexibility index (Phi) is 5.73. The van der Waals surface area contributed by atoms with E-state index < -0.39 is 24.4 Å². The number of hydrogen-bond donors (Lipinski definition) is 1. The maximum atomic E-state index is 13.3. The quantitative estimate of drug-likeness (QED) is 0.687. The second-order valence-electron chi connectivity index (χ2n) is 4.13. The van der Waals surface area contributed by atoms with Crippen LogP contribution in [-0.2, 0) is 0 Å². The van der Waals surface area contributed by atoms with Gasteiger partial charge in [-0.3, -0.25) is 4.79 Å². The normalized spacial score (nSPS) is 10.8. The summed E-state index contributed by atoms with van der Waals surface area (Å²) in [6, 6.07) is 3.20. The van der Waals surface area contributed by atoms with E-state index in [1.165, 1.54) is 13.0 Å². The fraction of sp³-hybridized carbons (Fsp3) is 0.357. The van der Waals surface area contributed by atoms with Crippen LogP contribution in [0.5, 0.6) is 0 Å². The molecule has 7 heteroatoms. The summed E-state index contributed by atoms with van der Waals surface area (Å²) in [7, 11) is 0.